The second-order valence-electron chi connectivity index (χ2n) is 10.1. The van der Waals surface area contributed by atoms with E-state index in [0.717, 1.165) is 43.7 Å². The minimum atomic E-state index is 0.719. The maximum Gasteiger partial charge on any atom is 0.136 e. The molecule has 0 N–H and O–H groups in total. The first kappa shape index (κ1) is 23.1. The first-order valence-electron chi connectivity index (χ1n) is 13.5. The van der Waals surface area contributed by atoms with Crippen LogP contribution in [0.25, 0.3) is 76.9 Å². The molecule has 0 saturated carbocycles. The molecule has 0 radical (unpaired) electrons. The molecule has 8 aromatic rings. The van der Waals surface area contributed by atoms with Crippen LogP contribution in [0.5, 0.6) is 0 Å². The summed E-state index contributed by atoms with van der Waals surface area (Å²) in [6, 6.07) is 48.9. The molecule has 1 aromatic heterocycles. The van der Waals surface area contributed by atoms with Crippen LogP contribution in [0.3, 0.4) is 0 Å². The molecule has 40 heavy (non-hydrogen) atoms. The van der Waals surface area contributed by atoms with Gasteiger partial charge in [0.15, 0.2) is 0 Å². The van der Waals surface area contributed by atoms with E-state index in [4.69, 9.17) is 16.0 Å². The molecule has 1 nitrogen and oxygen atoms in total. The minimum absolute atomic E-state index is 0.719. The number of furan rings is 1. The molecule has 0 bridgehead atoms. The zero-order chi connectivity index (χ0) is 26.6. The smallest absolute Gasteiger partial charge is 0.136 e. The lowest BCUT2D eigenvalue weighted by atomic mass is 9.83. The quantitative estimate of drug-likeness (QED) is 0.207. The van der Waals surface area contributed by atoms with Crippen molar-refractivity contribution in [2.75, 3.05) is 0 Å². The molecule has 0 aliphatic carbocycles. The Hall–Kier alpha value is -4.85. The molecule has 8 rings (SSSR count). The SMILES string of the molecule is Clc1ccccc1-c1c(-c2c3ccccc3c(-c3ccccc3)c3ccccc23)ccc2oc3ccccc3c12. The molecule has 188 valence electrons. The van der Waals surface area contributed by atoms with Gasteiger partial charge in [0.1, 0.15) is 11.2 Å². The van der Waals surface area contributed by atoms with Crippen LogP contribution in [0.1, 0.15) is 0 Å². The molecule has 0 aliphatic heterocycles. The van der Waals surface area contributed by atoms with Crippen LogP contribution < -0.4 is 0 Å². The zero-order valence-corrected chi connectivity index (χ0v) is 22.3. The number of benzene rings is 7. The lowest BCUT2D eigenvalue weighted by Crippen LogP contribution is -1.93. The van der Waals surface area contributed by atoms with E-state index in [-0.39, 0.29) is 0 Å². The molecule has 0 fully saturated rings. The van der Waals surface area contributed by atoms with Crippen LogP contribution in [0.2, 0.25) is 5.02 Å². The molecule has 0 saturated heterocycles. The standard InChI is InChI=1S/C38H23ClO/c39-32-20-10-8-18-29(32)37-31(22-23-34-38(37)30-19-9-11-21-33(30)40-34)36-27-16-6-4-14-25(27)35(24-12-2-1-3-13-24)26-15-5-7-17-28(26)36/h1-23H. The third-order valence-electron chi connectivity index (χ3n) is 7.95. The molecule has 1 heterocycles. The fourth-order valence-electron chi connectivity index (χ4n) is 6.30. The molecular formula is C38H23ClO. The van der Waals surface area contributed by atoms with E-state index in [1.807, 2.05) is 24.3 Å². The third-order valence-corrected chi connectivity index (χ3v) is 8.28. The van der Waals surface area contributed by atoms with Gasteiger partial charge in [-0.3, -0.25) is 0 Å². The predicted molar refractivity (Wildman–Crippen MR) is 170 cm³/mol. The number of fused-ring (bicyclic) bond motifs is 5. The number of rotatable bonds is 3. The summed E-state index contributed by atoms with van der Waals surface area (Å²) in [6.45, 7) is 0. The Kier molecular flexibility index (Phi) is 5.26. The predicted octanol–water partition coefficient (Wildman–Crippen LogP) is 11.5. The number of halogens is 1. The summed E-state index contributed by atoms with van der Waals surface area (Å²) in [4.78, 5) is 0. The average molecular weight is 531 g/mol. The lowest BCUT2D eigenvalue weighted by Gasteiger charge is -2.20. The van der Waals surface area contributed by atoms with Gasteiger partial charge in [-0.05, 0) is 68.1 Å². The van der Waals surface area contributed by atoms with E-state index in [0.29, 0.717) is 0 Å². The summed E-state index contributed by atoms with van der Waals surface area (Å²) in [7, 11) is 0. The van der Waals surface area contributed by atoms with Crippen LogP contribution in [0.15, 0.2) is 144 Å². The Bertz CT molecular complexity index is 2170. The normalized spacial score (nSPS) is 11.6. The largest absolute Gasteiger partial charge is 0.456 e. The highest BCUT2D eigenvalue weighted by molar-refractivity contribution is 6.35. The van der Waals surface area contributed by atoms with Crippen molar-refractivity contribution in [3.05, 3.63) is 145 Å². The van der Waals surface area contributed by atoms with Crippen LogP contribution in [-0.4, -0.2) is 0 Å². The first-order chi connectivity index (χ1) is 19.8. The molecular weight excluding hydrogens is 508 g/mol. The summed E-state index contributed by atoms with van der Waals surface area (Å²) in [6.07, 6.45) is 0. The molecule has 0 unspecified atom stereocenters. The Labute approximate surface area is 236 Å². The van der Waals surface area contributed by atoms with Crippen LogP contribution >= 0.6 is 11.6 Å². The van der Waals surface area contributed by atoms with Gasteiger partial charge in [0.05, 0.1) is 0 Å². The summed E-state index contributed by atoms with van der Waals surface area (Å²) in [5.41, 5.74) is 8.62. The van der Waals surface area contributed by atoms with Gasteiger partial charge < -0.3 is 4.42 Å². The molecule has 0 aliphatic rings. The summed E-state index contributed by atoms with van der Waals surface area (Å²) in [5, 5.41) is 7.76. The highest BCUT2D eigenvalue weighted by Gasteiger charge is 2.23. The third kappa shape index (κ3) is 3.42. The fourth-order valence-corrected chi connectivity index (χ4v) is 6.53. The van der Waals surface area contributed by atoms with Gasteiger partial charge >= 0.3 is 0 Å². The van der Waals surface area contributed by atoms with Gasteiger partial charge in [0, 0.05) is 26.9 Å². The summed E-state index contributed by atoms with van der Waals surface area (Å²) >= 11 is 6.95. The van der Waals surface area contributed by atoms with Crippen molar-refractivity contribution in [2.24, 2.45) is 0 Å². The van der Waals surface area contributed by atoms with Gasteiger partial charge in [-0.15, -0.1) is 0 Å². The van der Waals surface area contributed by atoms with E-state index in [9.17, 15) is 0 Å². The van der Waals surface area contributed by atoms with Gasteiger partial charge in [0.25, 0.3) is 0 Å². The molecule has 0 atom stereocenters. The molecule has 2 heteroatoms. The fraction of sp³-hybridized carbons (Fsp3) is 0. The number of para-hydroxylation sites is 1. The zero-order valence-electron chi connectivity index (χ0n) is 21.6. The second-order valence-corrected chi connectivity index (χ2v) is 10.6. The molecule has 7 aromatic carbocycles. The maximum atomic E-state index is 6.95. The van der Waals surface area contributed by atoms with Crippen molar-refractivity contribution in [3.63, 3.8) is 0 Å². The Morgan fingerprint density at radius 2 is 0.925 bits per heavy atom. The Morgan fingerprint density at radius 1 is 0.375 bits per heavy atom. The van der Waals surface area contributed by atoms with Crippen LogP contribution in [0.4, 0.5) is 0 Å². The van der Waals surface area contributed by atoms with Crippen molar-refractivity contribution in [3.8, 4) is 33.4 Å². The first-order valence-corrected chi connectivity index (χ1v) is 13.9. The van der Waals surface area contributed by atoms with E-state index in [1.54, 1.807) is 0 Å². The van der Waals surface area contributed by atoms with E-state index >= 15 is 0 Å². The highest BCUT2D eigenvalue weighted by Crippen LogP contribution is 2.50. The van der Waals surface area contributed by atoms with Crippen LogP contribution in [0, 0.1) is 0 Å². The van der Waals surface area contributed by atoms with Crippen molar-refractivity contribution in [1.29, 1.82) is 0 Å². The van der Waals surface area contributed by atoms with E-state index < -0.39 is 0 Å². The number of hydrogen-bond donors (Lipinski definition) is 0. The Balaban J connectivity index is 1.60. The van der Waals surface area contributed by atoms with Crippen molar-refractivity contribution < 1.29 is 4.42 Å². The van der Waals surface area contributed by atoms with Gasteiger partial charge in [0.2, 0.25) is 0 Å². The van der Waals surface area contributed by atoms with Crippen molar-refractivity contribution >= 4 is 55.1 Å². The van der Waals surface area contributed by atoms with Crippen LogP contribution in [-0.2, 0) is 0 Å². The van der Waals surface area contributed by atoms with Gasteiger partial charge in [-0.2, -0.15) is 0 Å². The van der Waals surface area contributed by atoms with Crippen molar-refractivity contribution in [1.82, 2.24) is 0 Å². The number of hydrogen-bond acceptors (Lipinski definition) is 1. The van der Waals surface area contributed by atoms with Gasteiger partial charge in [-0.1, -0.05) is 127 Å². The maximum absolute atomic E-state index is 6.95. The van der Waals surface area contributed by atoms with Gasteiger partial charge in [-0.25, -0.2) is 0 Å². The van der Waals surface area contributed by atoms with E-state index in [1.165, 1.54) is 38.2 Å². The summed E-state index contributed by atoms with van der Waals surface area (Å²) < 4.78 is 6.35. The second kappa shape index (κ2) is 9.12. The summed E-state index contributed by atoms with van der Waals surface area (Å²) in [5.74, 6) is 0. The minimum Gasteiger partial charge on any atom is -0.456 e. The van der Waals surface area contributed by atoms with E-state index in [2.05, 4.69) is 115 Å². The highest BCUT2D eigenvalue weighted by atomic mass is 35.5. The molecule has 0 spiro atoms. The average Bonchev–Trinajstić information content (AvgIpc) is 3.39. The lowest BCUT2D eigenvalue weighted by molar-refractivity contribution is 0.669. The molecule has 0 amide bonds. The Morgan fingerprint density at radius 3 is 1.60 bits per heavy atom. The van der Waals surface area contributed by atoms with Crippen molar-refractivity contribution in [2.45, 2.75) is 0 Å². The monoisotopic (exact) mass is 530 g/mol. The topological polar surface area (TPSA) is 13.1 Å².